The third kappa shape index (κ3) is 1.44. The maximum absolute atomic E-state index is 11.0. The van der Waals surface area contributed by atoms with Crippen LogP contribution >= 0.6 is 0 Å². The van der Waals surface area contributed by atoms with Gasteiger partial charge in [0.15, 0.2) is 0 Å². The molecule has 0 aromatic rings. The van der Waals surface area contributed by atoms with Crippen LogP contribution in [0.2, 0.25) is 0 Å². The molecule has 2 N–H and O–H groups in total. The summed E-state index contributed by atoms with van der Waals surface area (Å²) in [5, 5.41) is 9.99. The summed E-state index contributed by atoms with van der Waals surface area (Å²) in [6, 6.07) is 0. The molecule has 2 aliphatic carbocycles. The average molecular weight is 234 g/mol. The van der Waals surface area contributed by atoms with Crippen molar-refractivity contribution in [2.24, 2.45) is 16.7 Å². The number of rotatable bonds is 2. The van der Waals surface area contributed by atoms with Crippen LogP contribution in [0.4, 0.5) is 0 Å². The van der Waals surface area contributed by atoms with Gasteiger partial charge in [-0.3, -0.25) is 4.55 Å². The fourth-order valence-electron chi connectivity index (χ4n) is 3.70. The van der Waals surface area contributed by atoms with E-state index in [4.69, 9.17) is 4.55 Å². The second-order valence-corrected chi connectivity index (χ2v) is 7.04. The molecule has 15 heavy (non-hydrogen) atoms. The highest BCUT2D eigenvalue weighted by Crippen LogP contribution is 2.65. The largest absolute Gasteiger partial charge is 0.392 e. The van der Waals surface area contributed by atoms with Gasteiger partial charge in [-0.1, -0.05) is 13.8 Å². The lowest BCUT2D eigenvalue weighted by atomic mass is 9.70. The first kappa shape index (κ1) is 11.4. The molecule has 0 aromatic carbocycles. The molecule has 0 radical (unpaired) electrons. The monoisotopic (exact) mass is 234 g/mol. The summed E-state index contributed by atoms with van der Waals surface area (Å²) < 4.78 is 31.1. The number of hydrogen-bond donors (Lipinski definition) is 2. The molecule has 0 aromatic heterocycles. The normalized spacial score (nSPS) is 43.5. The van der Waals surface area contributed by atoms with Crippen LogP contribution < -0.4 is 0 Å². The van der Waals surface area contributed by atoms with E-state index in [2.05, 4.69) is 0 Å². The maximum Gasteiger partial charge on any atom is 0.265 e. The van der Waals surface area contributed by atoms with Gasteiger partial charge < -0.3 is 5.11 Å². The Kier molecular flexibility index (Phi) is 2.24. The van der Waals surface area contributed by atoms with Crippen molar-refractivity contribution in [3.05, 3.63) is 0 Å². The predicted molar refractivity (Wildman–Crippen MR) is 56.0 cm³/mol. The molecule has 2 saturated carbocycles. The molecule has 2 aliphatic rings. The van der Waals surface area contributed by atoms with E-state index in [9.17, 15) is 13.5 Å². The van der Waals surface area contributed by atoms with Gasteiger partial charge in [0.25, 0.3) is 10.1 Å². The zero-order valence-electron chi connectivity index (χ0n) is 9.10. The summed E-state index contributed by atoms with van der Waals surface area (Å²) in [5.74, 6) is 0.0826. The molecule has 4 nitrogen and oxygen atoms in total. The molecule has 88 valence electrons. The molecule has 0 heterocycles. The molecular weight excluding hydrogens is 216 g/mol. The topological polar surface area (TPSA) is 74.6 Å². The van der Waals surface area contributed by atoms with Gasteiger partial charge in [-0.25, -0.2) is 0 Å². The third-order valence-corrected chi connectivity index (χ3v) is 5.71. The lowest BCUT2D eigenvalue weighted by Crippen LogP contribution is -2.44. The first-order chi connectivity index (χ1) is 6.69. The van der Waals surface area contributed by atoms with Crippen molar-refractivity contribution in [2.75, 3.05) is 5.75 Å². The van der Waals surface area contributed by atoms with Crippen LogP contribution in [0.25, 0.3) is 0 Å². The van der Waals surface area contributed by atoms with Crippen LogP contribution in [0.5, 0.6) is 0 Å². The number of aliphatic hydroxyl groups excluding tert-OH is 1. The summed E-state index contributed by atoms with van der Waals surface area (Å²) >= 11 is 0. The fourth-order valence-corrected chi connectivity index (χ4v) is 5.06. The minimum atomic E-state index is -4.02. The van der Waals surface area contributed by atoms with Crippen LogP contribution in [0, 0.1) is 16.7 Å². The summed E-state index contributed by atoms with van der Waals surface area (Å²) in [4.78, 5) is 0. The van der Waals surface area contributed by atoms with Crippen molar-refractivity contribution in [1.29, 1.82) is 0 Å². The van der Waals surface area contributed by atoms with E-state index in [0.29, 0.717) is 18.8 Å². The summed E-state index contributed by atoms with van der Waals surface area (Å²) in [6.07, 6.45) is 1.74. The zero-order chi connectivity index (χ0) is 11.5. The van der Waals surface area contributed by atoms with Gasteiger partial charge in [0.05, 0.1) is 11.9 Å². The highest BCUT2D eigenvalue weighted by Gasteiger charge is 2.64. The molecule has 0 aliphatic heterocycles. The van der Waals surface area contributed by atoms with Crippen LogP contribution in [0.1, 0.15) is 33.1 Å². The third-order valence-electron chi connectivity index (χ3n) is 4.83. The molecular formula is C10H18O4S. The summed E-state index contributed by atoms with van der Waals surface area (Å²) in [6.45, 7) is 4.01. The molecule has 3 atom stereocenters. The SMILES string of the molecule is CC1(C)[C@H]2CC[C@]1(CS(=O)(=O)O)[C@@H](O)C2. The van der Waals surface area contributed by atoms with Crippen molar-refractivity contribution < 1.29 is 18.1 Å². The molecule has 2 rings (SSSR count). The van der Waals surface area contributed by atoms with Crippen molar-refractivity contribution in [2.45, 2.75) is 39.2 Å². The first-order valence-electron chi connectivity index (χ1n) is 5.32. The number of fused-ring (bicyclic) bond motifs is 2. The van der Waals surface area contributed by atoms with Gasteiger partial charge in [0, 0.05) is 5.41 Å². The van der Waals surface area contributed by atoms with E-state index in [-0.39, 0.29) is 11.2 Å². The lowest BCUT2D eigenvalue weighted by molar-refractivity contribution is 0.0142. The Morgan fingerprint density at radius 3 is 2.33 bits per heavy atom. The van der Waals surface area contributed by atoms with E-state index in [1.54, 1.807) is 0 Å². The molecule has 0 amide bonds. The Balaban J connectivity index is 2.40. The molecule has 2 bridgehead atoms. The lowest BCUT2D eigenvalue weighted by Gasteiger charge is -2.39. The Labute approximate surface area is 90.4 Å². The van der Waals surface area contributed by atoms with E-state index in [1.165, 1.54) is 0 Å². The Morgan fingerprint density at radius 2 is 2.00 bits per heavy atom. The smallest absolute Gasteiger partial charge is 0.265 e. The van der Waals surface area contributed by atoms with Crippen molar-refractivity contribution in [1.82, 2.24) is 0 Å². The Hall–Kier alpha value is -0.130. The number of hydrogen-bond acceptors (Lipinski definition) is 3. The zero-order valence-corrected chi connectivity index (χ0v) is 9.92. The molecule has 2 fully saturated rings. The number of aliphatic hydroxyl groups is 1. The first-order valence-corrected chi connectivity index (χ1v) is 6.93. The highest BCUT2D eigenvalue weighted by atomic mass is 32.2. The second kappa shape index (κ2) is 2.96. The van der Waals surface area contributed by atoms with Gasteiger partial charge in [-0.2, -0.15) is 8.42 Å². The van der Waals surface area contributed by atoms with Gasteiger partial charge in [-0.05, 0) is 30.6 Å². The maximum atomic E-state index is 11.0. The predicted octanol–water partition coefficient (Wildman–Crippen LogP) is 1.06. The highest BCUT2D eigenvalue weighted by molar-refractivity contribution is 7.85. The van der Waals surface area contributed by atoms with E-state index in [1.807, 2.05) is 13.8 Å². The van der Waals surface area contributed by atoms with E-state index in [0.717, 1.165) is 6.42 Å². The van der Waals surface area contributed by atoms with Crippen LogP contribution in [-0.2, 0) is 10.1 Å². The molecule has 5 heteroatoms. The molecule has 0 saturated heterocycles. The van der Waals surface area contributed by atoms with Crippen LogP contribution in [-0.4, -0.2) is 29.9 Å². The van der Waals surface area contributed by atoms with Crippen molar-refractivity contribution >= 4 is 10.1 Å². The van der Waals surface area contributed by atoms with Crippen LogP contribution in [0.15, 0.2) is 0 Å². The minimum Gasteiger partial charge on any atom is -0.392 e. The Morgan fingerprint density at radius 1 is 1.40 bits per heavy atom. The quantitative estimate of drug-likeness (QED) is 0.701. The minimum absolute atomic E-state index is 0.192. The van der Waals surface area contributed by atoms with E-state index >= 15 is 0 Å². The van der Waals surface area contributed by atoms with Crippen LogP contribution in [0.3, 0.4) is 0 Å². The standard InChI is InChI=1S/C10H18O4S/c1-9(2)7-3-4-10(9,8(11)5-7)6-15(12,13)14/h7-8,11H,3-6H2,1-2H3,(H,12,13,14)/t7-,8-,10-/m0/s1. The van der Waals surface area contributed by atoms with Gasteiger partial charge >= 0.3 is 0 Å². The van der Waals surface area contributed by atoms with Crippen molar-refractivity contribution in [3.63, 3.8) is 0 Å². The Bertz CT molecular complexity index is 373. The molecule has 0 unspecified atom stereocenters. The van der Waals surface area contributed by atoms with Gasteiger partial charge in [-0.15, -0.1) is 0 Å². The fraction of sp³-hybridized carbons (Fsp3) is 1.00. The second-order valence-electron chi connectivity index (χ2n) is 5.59. The summed E-state index contributed by atoms with van der Waals surface area (Å²) in [5.41, 5.74) is -0.826. The summed E-state index contributed by atoms with van der Waals surface area (Å²) in [7, 11) is -4.02. The van der Waals surface area contributed by atoms with E-state index < -0.39 is 21.6 Å². The van der Waals surface area contributed by atoms with Crippen molar-refractivity contribution in [3.8, 4) is 0 Å². The average Bonchev–Trinajstić information content (AvgIpc) is 2.34. The van der Waals surface area contributed by atoms with Gasteiger partial charge in [0.2, 0.25) is 0 Å². The van der Waals surface area contributed by atoms with Gasteiger partial charge in [0.1, 0.15) is 0 Å². The molecule has 0 spiro atoms.